The standard InChI is InChI=1S/C15H18ClN3O/c1-15(2,3)14-18-12(17-4)9-13(19-14)20-11-7-5-10(16)6-8-11/h5-9H,1-4H3,(H,17,18,19). The Morgan fingerprint density at radius 2 is 1.75 bits per heavy atom. The molecule has 2 aromatic rings. The molecule has 1 N–H and O–H groups in total. The Labute approximate surface area is 124 Å². The SMILES string of the molecule is CNc1cc(Oc2ccc(Cl)cc2)nc(C(C)(C)C)n1. The normalized spacial score (nSPS) is 11.2. The van der Waals surface area contributed by atoms with Crippen LogP contribution in [0.5, 0.6) is 11.6 Å². The first-order valence-corrected chi connectivity index (χ1v) is 6.77. The number of nitrogens with one attached hydrogen (secondary N) is 1. The molecule has 0 spiro atoms. The van der Waals surface area contributed by atoms with E-state index in [1.807, 2.05) is 7.05 Å². The average molecular weight is 292 g/mol. The monoisotopic (exact) mass is 291 g/mol. The van der Waals surface area contributed by atoms with Crippen LogP contribution in [0, 0.1) is 0 Å². The number of nitrogens with zero attached hydrogens (tertiary/aromatic N) is 2. The van der Waals surface area contributed by atoms with Crippen LogP contribution in [0.4, 0.5) is 5.82 Å². The third kappa shape index (κ3) is 3.61. The molecular weight excluding hydrogens is 274 g/mol. The highest BCUT2D eigenvalue weighted by molar-refractivity contribution is 6.30. The molecule has 1 aromatic carbocycles. The lowest BCUT2D eigenvalue weighted by atomic mass is 9.96. The van der Waals surface area contributed by atoms with Crippen LogP contribution in [-0.2, 0) is 5.41 Å². The molecule has 0 aliphatic carbocycles. The molecule has 0 amide bonds. The van der Waals surface area contributed by atoms with E-state index in [-0.39, 0.29) is 5.41 Å². The van der Waals surface area contributed by atoms with Gasteiger partial charge in [0, 0.05) is 23.6 Å². The van der Waals surface area contributed by atoms with Crippen molar-refractivity contribution in [2.24, 2.45) is 0 Å². The van der Waals surface area contributed by atoms with Crippen LogP contribution in [0.25, 0.3) is 0 Å². The van der Waals surface area contributed by atoms with Crippen LogP contribution in [0.3, 0.4) is 0 Å². The first-order valence-electron chi connectivity index (χ1n) is 6.39. The van der Waals surface area contributed by atoms with E-state index in [2.05, 4.69) is 36.1 Å². The van der Waals surface area contributed by atoms with Crippen molar-refractivity contribution < 1.29 is 4.74 Å². The largest absolute Gasteiger partial charge is 0.439 e. The van der Waals surface area contributed by atoms with E-state index >= 15 is 0 Å². The zero-order chi connectivity index (χ0) is 14.8. The van der Waals surface area contributed by atoms with Gasteiger partial charge in [-0.3, -0.25) is 0 Å². The minimum Gasteiger partial charge on any atom is -0.439 e. The second-order valence-electron chi connectivity index (χ2n) is 5.47. The van der Waals surface area contributed by atoms with E-state index in [9.17, 15) is 0 Å². The zero-order valence-electron chi connectivity index (χ0n) is 12.1. The average Bonchev–Trinajstić information content (AvgIpc) is 2.40. The fourth-order valence-corrected chi connectivity index (χ4v) is 1.69. The number of rotatable bonds is 3. The lowest BCUT2D eigenvalue weighted by Crippen LogP contribution is -2.17. The first kappa shape index (κ1) is 14.6. The molecule has 106 valence electrons. The fraction of sp³-hybridized carbons (Fsp3) is 0.333. The molecule has 5 heteroatoms. The van der Waals surface area contributed by atoms with Gasteiger partial charge < -0.3 is 10.1 Å². The molecule has 1 aromatic heterocycles. The van der Waals surface area contributed by atoms with Crippen molar-refractivity contribution in [1.29, 1.82) is 0 Å². The predicted molar refractivity (Wildman–Crippen MR) is 81.8 cm³/mol. The quantitative estimate of drug-likeness (QED) is 0.918. The Balaban J connectivity index is 2.33. The zero-order valence-corrected chi connectivity index (χ0v) is 12.8. The van der Waals surface area contributed by atoms with Gasteiger partial charge in [0.15, 0.2) is 0 Å². The van der Waals surface area contributed by atoms with Crippen LogP contribution < -0.4 is 10.1 Å². The summed E-state index contributed by atoms with van der Waals surface area (Å²) in [6.07, 6.45) is 0. The van der Waals surface area contributed by atoms with E-state index in [1.54, 1.807) is 30.3 Å². The Morgan fingerprint density at radius 1 is 1.10 bits per heavy atom. The second kappa shape index (κ2) is 5.67. The van der Waals surface area contributed by atoms with Crippen LogP contribution >= 0.6 is 11.6 Å². The van der Waals surface area contributed by atoms with Crippen molar-refractivity contribution in [2.45, 2.75) is 26.2 Å². The highest BCUT2D eigenvalue weighted by Crippen LogP contribution is 2.26. The summed E-state index contributed by atoms with van der Waals surface area (Å²) in [5.41, 5.74) is -0.148. The molecule has 0 atom stereocenters. The lowest BCUT2D eigenvalue weighted by molar-refractivity contribution is 0.446. The molecule has 0 saturated carbocycles. The van der Waals surface area contributed by atoms with Gasteiger partial charge in [0.05, 0.1) is 0 Å². The predicted octanol–water partition coefficient (Wildman–Crippen LogP) is 4.26. The number of hydrogen-bond acceptors (Lipinski definition) is 4. The highest BCUT2D eigenvalue weighted by atomic mass is 35.5. The van der Waals surface area contributed by atoms with Crippen LogP contribution in [0.1, 0.15) is 26.6 Å². The minimum absolute atomic E-state index is 0.148. The van der Waals surface area contributed by atoms with Crippen LogP contribution in [-0.4, -0.2) is 17.0 Å². The molecule has 0 aliphatic rings. The molecule has 0 aliphatic heterocycles. The van der Waals surface area contributed by atoms with Gasteiger partial charge in [0.1, 0.15) is 17.4 Å². The van der Waals surface area contributed by atoms with Crippen molar-refractivity contribution in [3.63, 3.8) is 0 Å². The Kier molecular flexibility index (Phi) is 4.14. The van der Waals surface area contributed by atoms with Gasteiger partial charge in [-0.25, -0.2) is 4.98 Å². The van der Waals surface area contributed by atoms with E-state index in [0.717, 1.165) is 11.6 Å². The maximum atomic E-state index is 5.86. The maximum absolute atomic E-state index is 5.86. The number of benzene rings is 1. The number of aromatic nitrogens is 2. The van der Waals surface area contributed by atoms with Crippen LogP contribution in [0.2, 0.25) is 5.02 Å². The van der Waals surface area contributed by atoms with Gasteiger partial charge in [0.2, 0.25) is 5.88 Å². The van der Waals surface area contributed by atoms with E-state index in [1.165, 1.54) is 0 Å². The van der Waals surface area contributed by atoms with Crippen molar-refractivity contribution >= 4 is 17.4 Å². The third-order valence-electron chi connectivity index (χ3n) is 2.67. The van der Waals surface area contributed by atoms with E-state index < -0.39 is 0 Å². The van der Waals surface area contributed by atoms with Crippen molar-refractivity contribution in [3.8, 4) is 11.6 Å². The summed E-state index contributed by atoms with van der Waals surface area (Å²) < 4.78 is 5.76. The molecule has 0 radical (unpaired) electrons. The molecule has 20 heavy (non-hydrogen) atoms. The van der Waals surface area contributed by atoms with Gasteiger partial charge in [-0.1, -0.05) is 32.4 Å². The number of hydrogen-bond donors (Lipinski definition) is 1. The molecule has 0 fully saturated rings. The molecule has 4 nitrogen and oxygen atoms in total. The Morgan fingerprint density at radius 3 is 2.30 bits per heavy atom. The van der Waals surface area contributed by atoms with Crippen LogP contribution in [0.15, 0.2) is 30.3 Å². The number of halogens is 1. The summed E-state index contributed by atoms with van der Waals surface area (Å²) in [6.45, 7) is 6.19. The lowest BCUT2D eigenvalue weighted by Gasteiger charge is -2.18. The Hall–Kier alpha value is -1.81. The van der Waals surface area contributed by atoms with Gasteiger partial charge in [-0.15, -0.1) is 0 Å². The van der Waals surface area contributed by atoms with Gasteiger partial charge in [-0.05, 0) is 24.3 Å². The molecule has 0 unspecified atom stereocenters. The number of anilines is 1. The molecule has 2 rings (SSSR count). The van der Waals surface area contributed by atoms with Crippen molar-refractivity contribution in [2.75, 3.05) is 12.4 Å². The Bertz CT molecular complexity index is 591. The smallest absolute Gasteiger partial charge is 0.224 e. The van der Waals surface area contributed by atoms with E-state index in [4.69, 9.17) is 16.3 Å². The second-order valence-corrected chi connectivity index (χ2v) is 5.91. The summed E-state index contributed by atoms with van der Waals surface area (Å²) >= 11 is 5.86. The summed E-state index contributed by atoms with van der Waals surface area (Å²) in [5.74, 6) is 2.66. The topological polar surface area (TPSA) is 47.0 Å². The van der Waals surface area contributed by atoms with Gasteiger partial charge >= 0.3 is 0 Å². The van der Waals surface area contributed by atoms with Gasteiger partial charge in [-0.2, -0.15) is 4.98 Å². The third-order valence-corrected chi connectivity index (χ3v) is 2.92. The van der Waals surface area contributed by atoms with Crippen molar-refractivity contribution in [1.82, 2.24) is 9.97 Å². The summed E-state index contributed by atoms with van der Waals surface area (Å²) in [7, 11) is 1.82. The van der Waals surface area contributed by atoms with Gasteiger partial charge in [0.25, 0.3) is 0 Å². The molecular formula is C15H18ClN3O. The maximum Gasteiger partial charge on any atom is 0.224 e. The first-order chi connectivity index (χ1) is 9.38. The summed E-state index contributed by atoms with van der Waals surface area (Å²) in [6, 6.07) is 8.94. The highest BCUT2D eigenvalue weighted by Gasteiger charge is 2.19. The molecule has 0 bridgehead atoms. The fourth-order valence-electron chi connectivity index (χ4n) is 1.56. The molecule has 1 heterocycles. The minimum atomic E-state index is -0.148. The summed E-state index contributed by atoms with van der Waals surface area (Å²) in [4.78, 5) is 8.92. The molecule has 0 saturated heterocycles. The number of ether oxygens (including phenoxy) is 1. The summed E-state index contributed by atoms with van der Waals surface area (Å²) in [5, 5.41) is 3.70. The van der Waals surface area contributed by atoms with E-state index in [0.29, 0.717) is 16.7 Å². The van der Waals surface area contributed by atoms with Crippen molar-refractivity contribution in [3.05, 3.63) is 41.2 Å².